The molecule has 2 rings (SSSR count). The number of rotatable bonds is 3. The van der Waals surface area contributed by atoms with Gasteiger partial charge in [0.2, 0.25) is 0 Å². The highest BCUT2D eigenvalue weighted by Crippen LogP contribution is 2.17. The van der Waals surface area contributed by atoms with Crippen LogP contribution < -0.4 is 11.1 Å². The summed E-state index contributed by atoms with van der Waals surface area (Å²) in [7, 11) is -1.62. The largest absolute Gasteiger partial charge is 0.394 e. The second kappa shape index (κ2) is 4.97. The third-order valence-corrected chi connectivity index (χ3v) is 3.87. The number of benzene rings is 1. The maximum absolute atomic E-state index is 12.0. The molecule has 0 atom stereocenters. The first kappa shape index (κ1) is 14.1. The number of carbonyl (C=O) groups is 1. The average molecular weight is 294 g/mol. The van der Waals surface area contributed by atoms with Gasteiger partial charge >= 0.3 is 0 Å². The van der Waals surface area contributed by atoms with Gasteiger partial charge in [-0.05, 0) is 24.3 Å². The zero-order chi connectivity index (χ0) is 14.9. The van der Waals surface area contributed by atoms with Gasteiger partial charge in [0.05, 0.1) is 16.8 Å². The molecule has 0 aliphatic rings. The SMILES string of the molecule is Cn1ncc(N)c1NC(=O)c1ccc(S(C)(=O)=O)cc1. The number of nitrogen functional groups attached to an aromatic ring is 1. The Balaban J connectivity index is 2.22. The van der Waals surface area contributed by atoms with Crippen LogP contribution in [0.4, 0.5) is 11.5 Å². The lowest BCUT2D eigenvalue weighted by atomic mass is 10.2. The van der Waals surface area contributed by atoms with Gasteiger partial charge in [-0.15, -0.1) is 0 Å². The van der Waals surface area contributed by atoms with Gasteiger partial charge in [0, 0.05) is 18.9 Å². The molecular formula is C12H14N4O3S. The Morgan fingerprint density at radius 2 is 1.90 bits per heavy atom. The van der Waals surface area contributed by atoms with Crippen molar-refractivity contribution in [2.75, 3.05) is 17.3 Å². The fraction of sp³-hybridized carbons (Fsp3) is 0.167. The van der Waals surface area contributed by atoms with Crippen molar-refractivity contribution in [3.63, 3.8) is 0 Å². The summed E-state index contributed by atoms with van der Waals surface area (Å²) in [5.74, 6) is 0.00235. The molecule has 1 aromatic carbocycles. The van der Waals surface area contributed by atoms with Crippen molar-refractivity contribution in [2.45, 2.75) is 4.90 Å². The molecule has 0 unspecified atom stereocenters. The third kappa shape index (κ3) is 2.80. The van der Waals surface area contributed by atoms with Gasteiger partial charge in [-0.2, -0.15) is 5.10 Å². The van der Waals surface area contributed by atoms with E-state index in [4.69, 9.17) is 5.73 Å². The summed E-state index contributed by atoms with van der Waals surface area (Å²) in [6, 6.07) is 5.66. The molecular weight excluding hydrogens is 280 g/mol. The Hall–Kier alpha value is -2.35. The van der Waals surface area contributed by atoms with E-state index >= 15 is 0 Å². The molecule has 8 heteroatoms. The van der Waals surface area contributed by atoms with Crippen molar-refractivity contribution in [3.05, 3.63) is 36.0 Å². The van der Waals surface area contributed by atoms with Gasteiger partial charge in [0.15, 0.2) is 15.7 Å². The molecule has 0 fully saturated rings. The van der Waals surface area contributed by atoms with Gasteiger partial charge < -0.3 is 11.1 Å². The minimum Gasteiger partial charge on any atom is -0.394 e. The summed E-state index contributed by atoms with van der Waals surface area (Å²) in [4.78, 5) is 12.2. The summed E-state index contributed by atoms with van der Waals surface area (Å²) in [6.07, 6.45) is 2.54. The smallest absolute Gasteiger partial charge is 0.256 e. The van der Waals surface area contributed by atoms with Gasteiger partial charge in [-0.1, -0.05) is 0 Å². The number of sulfone groups is 1. The molecule has 0 saturated heterocycles. The zero-order valence-electron chi connectivity index (χ0n) is 11.0. The number of hydrogen-bond donors (Lipinski definition) is 2. The lowest BCUT2D eigenvalue weighted by Gasteiger charge is -2.07. The summed E-state index contributed by atoms with van der Waals surface area (Å²) < 4.78 is 24.1. The average Bonchev–Trinajstić information content (AvgIpc) is 2.69. The van der Waals surface area contributed by atoms with Crippen LogP contribution in [0.5, 0.6) is 0 Å². The summed E-state index contributed by atoms with van der Waals surface area (Å²) in [5.41, 5.74) is 6.36. The van der Waals surface area contributed by atoms with Crippen LogP contribution in [0.2, 0.25) is 0 Å². The van der Waals surface area contributed by atoms with Crippen molar-refractivity contribution >= 4 is 27.2 Å². The van der Waals surface area contributed by atoms with E-state index in [0.717, 1.165) is 6.26 Å². The molecule has 0 aliphatic heterocycles. The molecule has 0 radical (unpaired) electrons. The number of amides is 1. The van der Waals surface area contributed by atoms with Crippen LogP contribution in [0.15, 0.2) is 35.4 Å². The Labute approximate surface area is 116 Å². The first-order valence-corrected chi connectivity index (χ1v) is 7.57. The van der Waals surface area contributed by atoms with E-state index in [-0.39, 0.29) is 10.8 Å². The van der Waals surface area contributed by atoms with Crippen LogP contribution in [0.25, 0.3) is 0 Å². The number of nitrogens with one attached hydrogen (secondary N) is 1. The van der Waals surface area contributed by atoms with Gasteiger partial charge in [0.25, 0.3) is 5.91 Å². The molecule has 2 aromatic rings. The van der Waals surface area contributed by atoms with Crippen molar-refractivity contribution in [2.24, 2.45) is 7.05 Å². The van der Waals surface area contributed by atoms with Crippen LogP contribution >= 0.6 is 0 Å². The zero-order valence-corrected chi connectivity index (χ0v) is 11.8. The quantitative estimate of drug-likeness (QED) is 0.864. The predicted molar refractivity (Wildman–Crippen MR) is 75.1 cm³/mol. The number of aromatic nitrogens is 2. The van der Waals surface area contributed by atoms with Crippen LogP contribution in [0.1, 0.15) is 10.4 Å². The minimum absolute atomic E-state index is 0.161. The van der Waals surface area contributed by atoms with Crippen molar-refractivity contribution < 1.29 is 13.2 Å². The van der Waals surface area contributed by atoms with E-state index in [1.54, 1.807) is 7.05 Å². The maximum Gasteiger partial charge on any atom is 0.256 e. The number of hydrogen-bond acceptors (Lipinski definition) is 5. The van der Waals surface area contributed by atoms with Gasteiger partial charge in [-0.3, -0.25) is 9.48 Å². The normalized spacial score (nSPS) is 11.3. The van der Waals surface area contributed by atoms with E-state index in [1.165, 1.54) is 35.1 Å². The molecule has 0 bridgehead atoms. The molecule has 1 amide bonds. The maximum atomic E-state index is 12.0. The lowest BCUT2D eigenvalue weighted by molar-refractivity contribution is 0.102. The van der Waals surface area contributed by atoms with E-state index in [2.05, 4.69) is 10.4 Å². The molecule has 0 spiro atoms. The number of nitrogens with zero attached hydrogens (tertiary/aromatic N) is 2. The highest BCUT2D eigenvalue weighted by atomic mass is 32.2. The summed E-state index contributed by atoms with van der Waals surface area (Å²) >= 11 is 0. The molecule has 0 saturated carbocycles. The van der Waals surface area contributed by atoms with Crippen LogP contribution in [-0.4, -0.2) is 30.4 Å². The molecule has 7 nitrogen and oxygen atoms in total. The Bertz CT molecular complexity index is 728. The van der Waals surface area contributed by atoms with Crippen LogP contribution in [0, 0.1) is 0 Å². The van der Waals surface area contributed by atoms with Gasteiger partial charge in [-0.25, -0.2) is 8.42 Å². The molecule has 106 valence electrons. The van der Waals surface area contributed by atoms with E-state index in [1.807, 2.05) is 0 Å². The first-order chi connectivity index (χ1) is 9.29. The second-order valence-corrected chi connectivity index (χ2v) is 6.34. The highest BCUT2D eigenvalue weighted by Gasteiger charge is 2.13. The predicted octanol–water partition coefficient (Wildman–Crippen LogP) is 0.658. The third-order valence-electron chi connectivity index (χ3n) is 2.74. The van der Waals surface area contributed by atoms with Crippen LogP contribution in [-0.2, 0) is 16.9 Å². The monoisotopic (exact) mass is 294 g/mol. The standard InChI is InChI=1S/C12H14N4O3S/c1-16-11(10(13)7-14-16)15-12(17)8-3-5-9(6-4-8)20(2,18)19/h3-7H,13H2,1-2H3,(H,15,17). The Morgan fingerprint density at radius 1 is 1.30 bits per heavy atom. The second-order valence-electron chi connectivity index (χ2n) is 4.32. The van der Waals surface area contributed by atoms with E-state index < -0.39 is 9.84 Å². The Kier molecular flexibility index (Phi) is 3.49. The number of anilines is 2. The fourth-order valence-corrected chi connectivity index (χ4v) is 2.27. The first-order valence-electron chi connectivity index (χ1n) is 5.68. The molecule has 3 N–H and O–H groups in total. The van der Waals surface area contributed by atoms with Crippen molar-refractivity contribution in [1.82, 2.24) is 9.78 Å². The van der Waals surface area contributed by atoms with Crippen molar-refractivity contribution in [3.8, 4) is 0 Å². The lowest BCUT2D eigenvalue weighted by Crippen LogP contribution is -2.15. The number of aryl methyl sites for hydroxylation is 1. The number of carbonyl (C=O) groups excluding carboxylic acids is 1. The topological polar surface area (TPSA) is 107 Å². The Morgan fingerprint density at radius 3 is 2.35 bits per heavy atom. The minimum atomic E-state index is -3.27. The van der Waals surface area contributed by atoms with Crippen molar-refractivity contribution in [1.29, 1.82) is 0 Å². The molecule has 1 heterocycles. The van der Waals surface area contributed by atoms with Gasteiger partial charge in [0.1, 0.15) is 0 Å². The molecule has 1 aromatic heterocycles. The summed E-state index contributed by atoms with van der Waals surface area (Å²) in [5, 5.41) is 6.53. The highest BCUT2D eigenvalue weighted by molar-refractivity contribution is 7.90. The number of nitrogens with two attached hydrogens (primary N) is 1. The molecule has 0 aliphatic carbocycles. The van der Waals surface area contributed by atoms with E-state index in [9.17, 15) is 13.2 Å². The van der Waals surface area contributed by atoms with E-state index in [0.29, 0.717) is 17.1 Å². The fourth-order valence-electron chi connectivity index (χ4n) is 1.64. The van der Waals surface area contributed by atoms with Crippen LogP contribution in [0.3, 0.4) is 0 Å². The molecule has 20 heavy (non-hydrogen) atoms. The summed E-state index contributed by atoms with van der Waals surface area (Å²) in [6.45, 7) is 0.